The maximum Gasteiger partial charge on any atom is 0.312 e. The molecule has 0 aromatic carbocycles. The highest BCUT2D eigenvalue weighted by molar-refractivity contribution is 6.46. The van der Waals surface area contributed by atoms with Crippen molar-refractivity contribution in [2.45, 2.75) is 86.5 Å². The summed E-state index contributed by atoms with van der Waals surface area (Å²) < 4.78 is 5.38. The summed E-state index contributed by atoms with van der Waals surface area (Å²) in [6.45, 7) is 11.8. The second kappa shape index (κ2) is 8.37. The highest BCUT2D eigenvalue weighted by atomic mass is 16.5. The first-order valence-corrected chi connectivity index (χ1v) is 14.4. The summed E-state index contributed by atoms with van der Waals surface area (Å²) in [5.74, 6) is -2.73. The molecule has 0 radical (unpaired) electrons. The molecule has 39 heavy (non-hydrogen) atoms. The number of allylic oxidation sites excluding steroid dienone is 3. The Hall–Kier alpha value is -2.28. The van der Waals surface area contributed by atoms with Crippen molar-refractivity contribution in [3.8, 4) is 0 Å². The van der Waals surface area contributed by atoms with Gasteiger partial charge in [-0.25, -0.2) is 0 Å². The van der Waals surface area contributed by atoms with Crippen LogP contribution in [-0.4, -0.2) is 47.2 Å². The first-order chi connectivity index (χ1) is 18.0. The van der Waals surface area contributed by atoms with E-state index in [1.807, 2.05) is 6.92 Å². The highest BCUT2D eigenvalue weighted by Gasteiger charge is 2.73. The molecule has 5 aliphatic rings. The molecular formula is C32H44O7. The lowest BCUT2D eigenvalue weighted by Crippen LogP contribution is -2.67. The number of carbonyl (C=O) groups is 4. The second-order valence-corrected chi connectivity index (χ2v) is 14.9. The van der Waals surface area contributed by atoms with Gasteiger partial charge in [-0.2, -0.15) is 0 Å². The number of aliphatic hydroxyl groups is 2. The largest absolute Gasteiger partial charge is 0.515 e. The Morgan fingerprint density at radius 3 is 2.26 bits per heavy atom. The predicted molar refractivity (Wildman–Crippen MR) is 144 cm³/mol. The number of Topliss-reactive ketones (excluding diaryl/α,β-unsaturated/α-hetero) is 2. The Morgan fingerprint density at radius 2 is 1.67 bits per heavy atom. The van der Waals surface area contributed by atoms with Gasteiger partial charge in [-0.05, 0) is 91.6 Å². The maximum atomic E-state index is 14.4. The molecule has 7 heteroatoms. The molecule has 0 aliphatic heterocycles. The molecule has 214 valence electrons. The fraction of sp³-hybridized carbons (Fsp3) is 0.750. The zero-order valence-corrected chi connectivity index (χ0v) is 24.5. The van der Waals surface area contributed by atoms with Crippen molar-refractivity contribution in [3.05, 3.63) is 23.5 Å². The van der Waals surface area contributed by atoms with Gasteiger partial charge in [-0.1, -0.05) is 34.6 Å². The van der Waals surface area contributed by atoms with Crippen molar-refractivity contribution in [1.29, 1.82) is 0 Å². The fourth-order valence-electron chi connectivity index (χ4n) is 10.3. The van der Waals surface area contributed by atoms with E-state index < -0.39 is 51.2 Å². The zero-order valence-electron chi connectivity index (χ0n) is 24.5. The van der Waals surface area contributed by atoms with Gasteiger partial charge in [0.15, 0.2) is 5.78 Å². The van der Waals surface area contributed by atoms with Crippen LogP contribution in [0.1, 0.15) is 86.5 Å². The highest BCUT2D eigenvalue weighted by Crippen LogP contribution is 2.75. The molecule has 0 amide bonds. The lowest BCUT2D eigenvalue weighted by atomic mass is 9.33. The van der Waals surface area contributed by atoms with Crippen molar-refractivity contribution in [2.24, 2.45) is 50.2 Å². The molecule has 0 saturated heterocycles. The van der Waals surface area contributed by atoms with Gasteiger partial charge in [0.1, 0.15) is 0 Å². The fourth-order valence-corrected chi connectivity index (χ4v) is 10.3. The van der Waals surface area contributed by atoms with E-state index in [0.717, 1.165) is 24.7 Å². The summed E-state index contributed by atoms with van der Waals surface area (Å²) >= 11 is 0. The minimum atomic E-state index is -1.30. The van der Waals surface area contributed by atoms with Gasteiger partial charge < -0.3 is 14.9 Å². The van der Waals surface area contributed by atoms with Crippen molar-refractivity contribution in [2.75, 3.05) is 13.7 Å². The molecule has 2 N–H and O–H groups in total. The second-order valence-electron chi connectivity index (χ2n) is 14.9. The van der Waals surface area contributed by atoms with Crippen LogP contribution >= 0.6 is 0 Å². The van der Waals surface area contributed by atoms with Crippen molar-refractivity contribution in [1.82, 2.24) is 0 Å². The molecule has 4 saturated carbocycles. The standard InChI is InChI=1S/C32H44O7/c1-27(2)10-12-32(26(38)39-7)13-11-30(5)23(18(32)15-27)20(35)14-22-29(30,4)9-8-21-28(3,17-34)25(37)24(36)19(16-33)31(21,22)6/h14,16,18,21,23,33-34H,8-13,15,17H2,1-7H3/b19-16+/t18-,21-,23-,28+,29+,30+,31-,32-/m0/s1. The van der Waals surface area contributed by atoms with Crippen LogP contribution in [0.15, 0.2) is 23.5 Å². The van der Waals surface area contributed by atoms with Crippen LogP contribution in [0.2, 0.25) is 0 Å². The Balaban J connectivity index is 1.73. The van der Waals surface area contributed by atoms with Gasteiger partial charge in [0.2, 0.25) is 11.6 Å². The summed E-state index contributed by atoms with van der Waals surface area (Å²) in [5.41, 5.74) is -3.33. The number of hydrogen-bond acceptors (Lipinski definition) is 7. The van der Waals surface area contributed by atoms with Crippen molar-refractivity contribution in [3.63, 3.8) is 0 Å². The minimum Gasteiger partial charge on any atom is -0.515 e. The van der Waals surface area contributed by atoms with E-state index in [4.69, 9.17) is 4.74 Å². The molecule has 0 heterocycles. The van der Waals surface area contributed by atoms with Gasteiger partial charge in [0, 0.05) is 16.9 Å². The molecule has 5 aliphatic carbocycles. The zero-order chi connectivity index (χ0) is 29.0. The smallest absolute Gasteiger partial charge is 0.312 e. The Morgan fingerprint density at radius 1 is 1.03 bits per heavy atom. The number of methoxy groups -OCH3 is 1. The van der Waals surface area contributed by atoms with Crippen LogP contribution in [0.3, 0.4) is 0 Å². The number of carbonyl (C=O) groups excluding carboxylic acids is 4. The molecule has 0 unspecified atom stereocenters. The average molecular weight is 541 g/mol. The van der Waals surface area contributed by atoms with Crippen molar-refractivity contribution < 1.29 is 34.1 Å². The quantitative estimate of drug-likeness (QED) is 0.221. The third-order valence-electron chi connectivity index (χ3n) is 12.9. The van der Waals surface area contributed by atoms with Crippen LogP contribution in [0.4, 0.5) is 0 Å². The molecule has 5 rings (SSSR count). The Labute approximate surface area is 231 Å². The average Bonchev–Trinajstić information content (AvgIpc) is 2.88. The molecule has 0 spiro atoms. The van der Waals surface area contributed by atoms with Crippen LogP contribution in [0, 0.1) is 50.2 Å². The summed E-state index contributed by atoms with van der Waals surface area (Å²) in [6.07, 6.45) is 7.33. The third-order valence-corrected chi connectivity index (χ3v) is 12.9. The molecule has 7 nitrogen and oxygen atoms in total. The van der Waals surface area contributed by atoms with E-state index in [0.29, 0.717) is 32.1 Å². The number of ketones is 3. The van der Waals surface area contributed by atoms with Crippen LogP contribution in [0.5, 0.6) is 0 Å². The summed E-state index contributed by atoms with van der Waals surface area (Å²) in [5, 5.41) is 20.7. The molecule has 0 aromatic rings. The van der Waals surface area contributed by atoms with Crippen LogP contribution in [0.25, 0.3) is 0 Å². The number of fused-ring (bicyclic) bond motifs is 7. The lowest BCUT2D eigenvalue weighted by Gasteiger charge is -2.69. The maximum absolute atomic E-state index is 14.4. The van der Waals surface area contributed by atoms with Crippen molar-refractivity contribution >= 4 is 23.3 Å². The van der Waals surface area contributed by atoms with Gasteiger partial charge >= 0.3 is 5.97 Å². The summed E-state index contributed by atoms with van der Waals surface area (Å²) in [7, 11) is 1.44. The van der Waals surface area contributed by atoms with E-state index >= 15 is 0 Å². The lowest BCUT2D eigenvalue weighted by molar-refractivity contribution is -0.192. The first kappa shape index (κ1) is 28.3. The van der Waals surface area contributed by atoms with Crippen LogP contribution in [-0.2, 0) is 23.9 Å². The molecule has 0 bridgehead atoms. The van der Waals surface area contributed by atoms with E-state index in [9.17, 15) is 29.4 Å². The molecule has 0 aromatic heterocycles. The number of rotatable bonds is 2. The third kappa shape index (κ3) is 3.20. The summed E-state index contributed by atoms with van der Waals surface area (Å²) in [6, 6.07) is 0. The Kier molecular flexibility index (Phi) is 6.07. The number of esters is 1. The number of ether oxygens (including phenoxy) is 1. The van der Waals surface area contributed by atoms with E-state index in [1.54, 1.807) is 13.0 Å². The molecule has 8 atom stereocenters. The Bertz CT molecular complexity index is 1230. The van der Waals surface area contributed by atoms with E-state index in [1.165, 1.54) is 7.11 Å². The minimum absolute atomic E-state index is 0.00830. The normalized spacial score (nSPS) is 47.9. The molecular weight excluding hydrogens is 496 g/mol. The molecule has 4 fully saturated rings. The monoisotopic (exact) mass is 540 g/mol. The van der Waals surface area contributed by atoms with E-state index in [2.05, 4.69) is 27.7 Å². The topological polar surface area (TPSA) is 118 Å². The number of aliphatic hydroxyl groups excluding tert-OH is 2. The SMILES string of the molecule is COC(=O)[C@]12CCC(C)(C)C[C@H]1[C@H]1C(=O)C=C3[C@@]4(C)/C(=C/O)C(=O)C(=O)[C@](C)(CO)[C@@H]4CC[C@@]3(C)[C@]1(C)CC2. The van der Waals surface area contributed by atoms with Gasteiger partial charge in [0.25, 0.3) is 0 Å². The van der Waals surface area contributed by atoms with Crippen LogP contribution < -0.4 is 0 Å². The first-order valence-electron chi connectivity index (χ1n) is 14.4. The summed E-state index contributed by atoms with van der Waals surface area (Å²) in [4.78, 5) is 54.4. The number of hydrogen-bond donors (Lipinski definition) is 2. The van der Waals surface area contributed by atoms with Gasteiger partial charge in [-0.15, -0.1) is 0 Å². The van der Waals surface area contributed by atoms with E-state index in [-0.39, 0.29) is 34.6 Å². The van der Waals surface area contributed by atoms with Gasteiger partial charge in [-0.3, -0.25) is 19.2 Å². The van der Waals surface area contributed by atoms with Gasteiger partial charge in [0.05, 0.1) is 30.8 Å². The predicted octanol–water partition coefficient (Wildman–Crippen LogP) is 4.91.